The summed E-state index contributed by atoms with van der Waals surface area (Å²) >= 11 is 0. The third-order valence-electron chi connectivity index (χ3n) is 8.55. The Morgan fingerprint density at radius 1 is 0.925 bits per heavy atom. The Balaban J connectivity index is 0.000000173. The Morgan fingerprint density at radius 3 is 2.10 bits per heavy atom. The first-order chi connectivity index (χ1) is 19.5. The van der Waals surface area contributed by atoms with E-state index in [2.05, 4.69) is 29.6 Å². The molecule has 40 heavy (non-hydrogen) atoms. The number of carbonyl (C=O) groups is 1. The summed E-state index contributed by atoms with van der Waals surface area (Å²) in [7, 11) is 0. The van der Waals surface area contributed by atoms with Gasteiger partial charge >= 0.3 is 0 Å². The van der Waals surface area contributed by atoms with Crippen LogP contribution < -0.4 is 10.1 Å². The van der Waals surface area contributed by atoms with Crippen molar-refractivity contribution >= 4 is 11.7 Å². The van der Waals surface area contributed by atoms with Crippen molar-refractivity contribution in [3.05, 3.63) is 101 Å². The Morgan fingerprint density at radius 2 is 1.52 bits per heavy atom. The second-order valence-corrected chi connectivity index (χ2v) is 11.2. The summed E-state index contributed by atoms with van der Waals surface area (Å²) in [4.78, 5) is 20.2. The minimum Gasteiger partial charge on any atom is -0.492 e. The van der Waals surface area contributed by atoms with Crippen LogP contribution in [0.15, 0.2) is 77.8 Å². The van der Waals surface area contributed by atoms with Crippen molar-refractivity contribution in [3.8, 4) is 5.75 Å². The molecule has 5 nitrogen and oxygen atoms in total. The highest BCUT2D eigenvalue weighted by atomic mass is 19.1. The first-order valence-electron chi connectivity index (χ1n) is 14.3. The summed E-state index contributed by atoms with van der Waals surface area (Å²) < 4.78 is 32.7. The van der Waals surface area contributed by atoms with Gasteiger partial charge in [-0.25, -0.2) is 13.8 Å². The number of para-hydroxylation sites is 1. The molecule has 4 aliphatic rings. The third-order valence-corrected chi connectivity index (χ3v) is 8.55. The molecule has 1 N–H and O–H groups in total. The number of ether oxygens (including phenoxy) is 1. The number of aliphatic imine (C=N–C) groups is 1. The van der Waals surface area contributed by atoms with Crippen LogP contribution in [0.3, 0.4) is 0 Å². The van der Waals surface area contributed by atoms with E-state index in [1.807, 2.05) is 6.92 Å². The van der Waals surface area contributed by atoms with Gasteiger partial charge in [-0.3, -0.25) is 9.69 Å². The molecule has 7 rings (SSSR count). The minimum absolute atomic E-state index is 0.139. The molecular weight excluding hydrogens is 508 g/mol. The van der Waals surface area contributed by atoms with Crippen LogP contribution in [0.1, 0.15) is 55.7 Å². The second kappa shape index (κ2) is 10.8. The number of halogens is 2. The van der Waals surface area contributed by atoms with Crippen molar-refractivity contribution in [1.29, 1.82) is 0 Å². The number of benzene rings is 3. The third kappa shape index (κ3) is 4.70. The number of amides is 1. The fourth-order valence-electron chi connectivity index (χ4n) is 6.24. The molecule has 7 heteroatoms. The molecule has 0 aromatic heterocycles. The maximum atomic E-state index is 13.6. The Kier molecular flexibility index (Phi) is 7.17. The van der Waals surface area contributed by atoms with Crippen LogP contribution in [0.4, 0.5) is 8.78 Å². The Hall–Kier alpha value is -3.58. The van der Waals surface area contributed by atoms with Gasteiger partial charge in [0.1, 0.15) is 23.2 Å². The molecule has 0 unspecified atom stereocenters. The number of amidine groups is 1. The van der Waals surface area contributed by atoms with E-state index in [1.54, 1.807) is 29.2 Å². The highest BCUT2D eigenvalue weighted by molar-refractivity contribution is 6.11. The van der Waals surface area contributed by atoms with Crippen LogP contribution in [-0.4, -0.2) is 42.9 Å². The second-order valence-electron chi connectivity index (χ2n) is 11.2. The zero-order valence-electron chi connectivity index (χ0n) is 22.8. The van der Waals surface area contributed by atoms with Crippen LogP contribution in [0, 0.1) is 17.6 Å². The van der Waals surface area contributed by atoms with Gasteiger partial charge in [0.05, 0.1) is 6.61 Å². The highest BCUT2D eigenvalue weighted by Crippen LogP contribution is 2.46. The van der Waals surface area contributed by atoms with Gasteiger partial charge in [0.2, 0.25) is 0 Å². The summed E-state index contributed by atoms with van der Waals surface area (Å²) in [6.07, 6.45) is 5.29. The van der Waals surface area contributed by atoms with E-state index < -0.39 is 5.54 Å². The standard InChI is InChI=1S/C21H20F2N2O.C12H15NO/c1-2-13-25-19(14-3-4-14)24-21(20(25)26,15-5-9-17(22)10-6-15)16-7-11-18(23)12-8-16;1-2-4-11-10(3-1)12(9-14-11)5-7-13-8-6-12/h5-12,14H,2-4,13H2,1H3;1-4,13H,5-9H2. The molecule has 1 amide bonds. The fraction of sp³-hybridized carbons (Fsp3) is 0.394. The lowest BCUT2D eigenvalue weighted by atomic mass is 9.75. The molecule has 3 aliphatic heterocycles. The zero-order valence-corrected chi connectivity index (χ0v) is 22.8. The first kappa shape index (κ1) is 26.6. The monoisotopic (exact) mass is 543 g/mol. The average Bonchev–Trinajstić information content (AvgIpc) is 3.72. The van der Waals surface area contributed by atoms with Crippen molar-refractivity contribution < 1.29 is 18.3 Å². The molecule has 1 saturated heterocycles. The number of carbonyl (C=O) groups excluding carboxylic acids is 1. The van der Waals surface area contributed by atoms with Gasteiger partial charge in [-0.1, -0.05) is 49.4 Å². The van der Waals surface area contributed by atoms with E-state index >= 15 is 0 Å². The van der Waals surface area contributed by atoms with Gasteiger partial charge in [-0.2, -0.15) is 0 Å². The highest BCUT2D eigenvalue weighted by Gasteiger charge is 2.53. The van der Waals surface area contributed by atoms with Gasteiger partial charge in [0, 0.05) is 23.4 Å². The normalized spacial score (nSPS) is 20.4. The summed E-state index contributed by atoms with van der Waals surface area (Å²) in [6.45, 7) is 5.75. The number of fused-ring (bicyclic) bond motifs is 2. The van der Waals surface area contributed by atoms with E-state index in [1.165, 1.54) is 42.7 Å². The molecule has 1 spiro atoms. The Bertz CT molecular complexity index is 1340. The molecule has 2 fully saturated rings. The number of rotatable bonds is 5. The predicted molar refractivity (Wildman–Crippen MR) is 151 cm³/mol. The molecule has 0 atom stereocenters. The van der Waals surface area contributed by atoms with Crippen LogP contribution in [-0.2, 0) is 15.7 Å². The SMILES string of the molecule is CCCN1C(=O)C(c2ccc(F)cc2)(c2ccc(F)cc2)N=C1C1CC1.c1ccc2c(c1)OCC21CCNCC1. The maximum Gasteiger partial charge on any atom is 0.265 e. The predicted octanol–water partition coefficient (Wildman–Crippen LogP) is 5.97. The van der Waals surface area contributed by atoms with Gasteiger partial charge in [0.15, 0.2) is 5.54 Å². The topological polar surface area (TPSA) is 53.9 Å². The van der Waals surface area contributed by atoms with E-state index in [-0.39, 0.29) is 17.5 Å². The molecule has 208 valence electrons. The number of piperidine rings is 1. The van der Waals surface area contributed by atoms with Crippen molar-refractivity contribution in [2.45, 2.75) is 50.0 Å². The van der Waals surface area contributed by atoms with E-state index in [0.29, 0.717) is 29.0 Å². The van der Waals surface area contributed by atoms with E-state index in [0.717, 1.165) is 50.5 Å². The molecule has 3 aromatic carbocycles. The molecule has 1 saturated carbocycles. The fourth-order valence-corrected chi connectivity index (χ4v) is 6.24. The average molecular weight is 544 g/mol. The van der Waals surface area contributed by atoms with Crippen molar-refractivity contribution in [1.82, 2.24) is 10.2 Å². The Labute approximate surface area is 234 Å². The summed E-state index contributed by atoms with van der Waals surface area (Å²) in [5.74, 6) is 1.34. The molecule has 1 aliphatic carbocycles. The number of nitrogens with one attached hydrogen (secondary N) is 1. The molecule has 3 heterocycles. The summed E-state index contributed by atoms with van der Waals surface area (Å²) in [5.41, 5.74) is 1.69. The lowest BCUT2D eigenvalue weighted by Crippen LogP contribution is -2.42. The van der Waals surface area contributed by atoms with E-state index in [4.69, 9.17) is 9.73 Å². The van der Waals surface area contributed by atoms with Gasteiger partial charge < -0.3 is 10.1 Å². The summed E-state index contributed by atoms with van der Waals surface area (Å²) in [5, 5.41) is 3.41. The molecular formula is C33H35F2N3O2. The maximum absolute atomic E-state index is 13.6. The lowest BCUT2D eigenvalue weighted by Gasteiger charge is -2.32. The largest absolute Gasteiger partial charge is 0.492 e. The lowest BCUT2D eigenvalue weighted by molar-refractivity contribution is -0.130. The summed E-state index contributed by atoms with van der Waals surface area (Å²) in [6, 6.07) is 20.2. The van der Waals surface area contributed by atoms with Crippen LogP contribution in [0.2, 0.25) is 0 Å². The smallest absolute Gasteiger partial charge is 0.265 e. The van der Waals surface area contributed by atoms with Crippen LogP contribution in [0.25, 0.3) is 0 Å². The van der Waals surface area contributed by atoms with Crippen LogP contribution >= 0.6 is 0 Å². The van der Waals surface area contributed by atoms with Crippen LogP contribution in [0.5, 0.6) is 5.75 Å². The van der Waals surface area contributed by atoms with Gasteiger partial charge in [-0.15, -0.1) is 0 Å². The molecule has 0 radical (unpaired) electrons. The molecule has 0 bridgehead atoms. The molecule has 3 aromatic rings. The zero-order chi connectivity index (χ0) is 27.7. The van der Waals surface area contributed by atoms with E-state index in [9.17, 15) is 13.6 Å². The van der Waals surface area contributed by atoms with Crippen molar-refractivity contribution in [3.63, 3.8) is 0 Å². The van der Waals surface area contributed by atoms with Crippen molar-refractivity contribution in [2.75, 3.05) is 26.2 Å². The quantitative estimate of drug-likeness (QED) is 0.432. The minimum atomic E-state index is -1.27. The van der Waals surface area contributed by atoms with Gasteiger partial charge in [-0.05, 0) is 86.7 Å². The van der Waals surface area contributed by atoms with Gasteiger partial charge in [0.25, 0.3) is 5.91 Å². The number of hydrogen-bond acceptors (Lipinski definition) is 4. The van der Waals surface area contributed by atoms with Crippen molar-refractivity contribution in [2.24, 2.45) is 10.9 Å². The number of hydrogen-bond donors (Lipinski definition) is 1. The number of nitrogens with zero attached hydrogens (tertiary/aromatic N) is 2. The first-order valence-corrected chi connectivity index (χ1v) is 14.3.